The van der Waals surface area contributed by atoms with Crippen molar-refractivity contribution in [1.29, 1.82) is 5.41 Å². The number of amides is 1. The number of carbonyl (C=O) groups is 1. The molecule has 2 aromatic heterocycles. The topological polar surface area (TPSA) is 125 Å². The number of nitrogens with one attached hydrogen (secondary N) is 3. The minimum absolute atomic E-state index is 0.126. The van der Waals surface area contributed by atoms with Crippen LogP contribution >= 0.6 is 39.1 Å². The molecule has 0 bridgehead atoms. The van der Waals surface area contributed by atoms with Crippen molar-refractivity contribution in [1.82, 2.24) is 24.8 Å². The van der Waals surface area contributed by atoms with Gasteiger partial charge in [-0.15, -0.1) is 0 Å². The third-order valence-electron chi connectivity index (χ3n) is 6.14. The van der Waals surface area contributed by atoms with Crippen LogP contribution in [-0.4, -0.2) is 56.5 Å². The van der Waals surface area contributed by atoms with Crippen molar-refractivity contribution in [3.63, 3.8) is 0 Å². The molecule has 0 aliphatic carbocycles. The van der Waals surface area contributed by atoms with Crippen LogP contribution in [0.3, 0.4) is 0 Å². The summed E-state index contributed by atoms with van der Waals surface area (Å²) in [5.74, 6) is 0.216. The minimum Gasteiger partial charge on any atom is -0.444 e. The summed E-state index contributed by atoms with van der Waals surface area (Å²) in [6.07, 6.45) is 6.99. The largest absolute Gasteiger partial charge is 0.444 e. The van der Waals surface area contributed by atoms with E-state index in [1.54, 1.807) is 29.4 Å². The molecule has 1 aliphatic rings. The molecule has 3 N–H and O–H groups in total. The molecule has 3 aromatic rings. The zero-order valence-corrected chi connectivity index (χ0v) is 25.6. The summed E-state index contributed by atoms with van der Waals surface area (Å²) in [6.45, 7) is 8.56. The fraction of sp³-hybridized carbons (Fsp3) is 0.370. The molecule has 0 spiro atoms. The van der Waals surface area contributed by atoms with E-state index in [0.717, 1.165) is 24.6 Å². The third kappa shape index (κ3) is 6.94. The van der Waals surface area contributed by atoms with Crippen LogP contribution in [0.5, 0.6) is 0 Å². The lowest BCUT2D eigenvalue weighted by atomic mass is 10.1. The van der Waals surface area contributed by atoms with E-state index < -0.39 is 5.60 Å². The van der Waals surface area contributed by atoms with Crippen LogP contribution in [0.25, 0.3) is 16.6 Å². The molecule has 1 aliphatic heterocycles. The Balaban J connectivity index is 1.47. The highest BCUT2D eigenvalue weighted by atomic mass is 79.9. The van der Waals surface area contributed by atoms with Gasteiger partial charge in [-0.25, -0.2) is 14.8 Å². The van der Waals surface area contributed by atoms with E-state index in [1.807, 2.05) is 27.7 Å². The zero-order chi connectivity index (χ0) is 29.2. The molecule has 0 saturated carbocycles. The number of likely N-dealkylation sites (tertiary alicyclic amines) is 1. The number of anilines is 1. The third-order valence-corrected chi connectivity index (χ3v) is 7.30. The molecule has 1 fully saturated rings. The number of halogens is 3. The molecule has 1 saturated heterocycles. The van der Waals surface area contributed by atoms with Gasteiger partial charge in [-0.1, -0.05) is 23.2 Å². The number of hydrogen-bond donors (Lipinski definition) is 3. The van der Waals surface area contributed by atoms with Crippen LogP contribution in [0, 0.1) is 12.3 Å². The Hall–Kier alpha value is -3.15. The van der Waals surface area contributed by atoms with Crippen molar-refractivity contribution >= 4 is 68.3 Å². The lowest BCUT2D eigenvalue weighted by molar-refractivity contribution is 0.0201. The first-order chi connectivity index (χ1) is 18.9. The van der Waals surface area contributed by atoms with Gasteiger partial charge in [-0.05, 0) is 74.2 Å². The standard InChI is InChI=1S/C27H30BrCl2N7O3/c1-15-9-20(29)23(21(30)10-15)37-14-19(28)22-18(24(37)38)13-33-25(35-22)34-17(11-31)12-32-16-5-7-36(8-6-16)26(39)40-27(2,3)4/h9-14,16,31-32H,5-8H2,1-4H3,(H,33,34,35)/b17-12+,31-11?. The number of ether oxygens (including phenoxy) is 1. The molecule has 10 nitrogen and oxygen atoms in total. The second-order valence-corrected chi connectivity index (χ2v) is 12.1. The molecule has 13 heteroatoms. The first kappa shape index (κ1) is 29.8. The first-order valence-corrected chi connectivity index (χ1v) is 14.2. The van der Waals surface area contributed by atoms with Gasteiger partial charge in [0.2, 0.25) is 5.95 Å². The number of fused-ring (bicyclic) bond motifs is 1. The quantitative estimate of drug-likeness (QED) is 0.277. The van der Waals surface area contributed by atoms with Gasteiger partial charge in [0.05, 0.1) is 36.8 Å². The summed E-state index contributed by atoms with van der Waals surface area (Å²) in [5, 5.41) is 15.1. The van der Waals surface area contributed by atoms with Gasteiger partial charge in [0.1, 0.15) is 5.60 Å². The van der Waals surface area contributed by atoms with Crippen molar-refractivity contribution in [2.45, 2.75) is 52.2 Å². The maximum absolute atomic E-state index is 13.3. The normalized spacial score (nSPS) is 14.8. The Labute approximate surface area is 250 Å². The molecule has 1 amide bonds. The van der Waals surface area contributed by atoms with Crippen LogP contribution in [0.2, 0.25) is 10.0 Å². The molecule has 212 valence electrons. The van der Waals surface area contributed by atoms with E-state index in [2.05, 4.69) is 36.5 Å². The average molecular weight is 651 g/mol. The Morgan fingerprint density at radius 3 is 2.48 bits per heavy atom. The van der Waals surface area contributed by atoms with E-state index in [-0.39, 0.29) is 29.0 Å². The number of benzene rings is 1. The summed E-state index contributed by atoms with van der Waals surface area (Å²) in [7, 11) is 0. The number of rotatable bonds is 6. The van der Waals surface area contributed by atoms with E-state index >= 15 is 0 Å². The zero-order valence-electron chi connectivity index (χ0n) is 22.5. The summed E-state index contributed by atoms with van der Waals surface area (Å²) in [4.78, 5) is 36.1. The van der Waals surface area contributed by atoms with Gasteiger partial charge in [-0.3, -0.25) is 9.36 Å². The van der Waals surface area contributed by atoms with Crippen molar-refractivity contribution in [2.24, 2.45) is 0 Å². The van der Waals surface area contributed by atoms with Crippen LogP contribution in [0.1, 0.15) is 39.2 Å². The fourth-order valence-electron chi connectivity index (χ4n) is 4.24. The lowest BCUT2D eigenvalue weighted by Crippen LogP contribution is -2.45. The number of carbonyl (C=O) groups excluding carboxylic acids is 1. The van der Waals surface area contributed by atoms with Crippen LogP contribution in [-0.2, 0) is 4.74 Å². The number of aryl methyl sites for hydroxylation is 1. The Morgan fingerprint density at radius 1 is 1.23 bits per heavy atom. The van der Waals surface area contributed by atoms with Crippen LogP contribution in [0.15, 0.2) is 45.7 Å². The molecular formula is C27H30BrCl2N7O3. The maximum atomic E-state index is 13.3. The monoisotopic (exact) mass is 649 g/mol. The number of pyridine rings is 1. The number of allylic oxidation sites excluding steroid dienone is 1. The Bertz CT molecular complexity index is 1520. The van der Waals surface area contributed by atoms with Crippen molar-refractivity contribution in [3.05, 3.63) is 66.9 Å². The summed E-state index contributed by atoms with van der Waals surface area (Å²) < 4.78 is 7.36. The minimum atomic E-state index is -0.529. The van der Waals surface area contributed by atoms with Gasteiger partial charge in [0, 0.05) is 43.9 Å². The van der Waals surface area contributed by atoms with Gasteiger partial charge in [-0.2, -0.15) is 0 Å². The van der Waals surface area contributed by atoms with Crippen molar-refractivity contribution in [2.75, 3.05) is 18.4 Å². The summed E-state index contributed by atoms with van der Waals surface area (Å²) in [6, 6.07) is 3.60. The predicted molar refractivity (Wildman–Crippen MR) is 162 cm³/mol. The number of nitrogens with zero attached hydrogens (tertiary/aromatic N) is 4. The second-order valence-electron chi connectivity index (χ2n) is 10.5. The summed E-state index contributed by atoms with van der Waals surface area (Å²) in [5.41, 5.74) is 1.17. The molecular weight excluding hydrogens is 621 g/mol. The molecule has 1 aromatic carbocycles. The van der Waals surface area contributed by atoms with Crippen LogP contribution < -0.4 is 16.2 Å². The van der Waals surface area contributed by atoms with Gasteiger partial charge >= 0.3 is 6.09 Å². The molecule has 0 unspecified atom stereocenters. The lowest BCUT2D eigenvalue weighted by Gasteiger charge is -2.33. The first-order valence-electron chi connectivity index (χ1n) is 12.6. The van der Waals surface area contributed by atoms with E-state index in [9.17, 15) is 9.59 Å². The molecule has 3 heterocycles. The SMILES string of the molecule is Cc1cc(Cl)c(-n2cc(Br)c3nc(N/C(C=N)=C/NC4CCN(C(=O)OC(C)(C)C)CC4)ncc3c2=O)c(Cl)c1. The van der Waals surface area contributed by atoms with Gasteiger partial charge in [0.25, 0.3) is 5.56 Å². The van der Waals surface area contributed by atoms with Gasteiger partial charge < -0.3 is 25.7 Å². The number of hydrogen-bond acceptors (Lipinski definition) is 8. The highest BCUT2D eigenvalue weighted by Crippen LogP contribution is 2.31. The number of piperidine rings is 1. The van der Waals surface area contributed by atoms with Crippen molar-refractivity contribution in [3.8, 4) is 5.69 Å². The smallest absolute Gasteiger partial charge is 0.410 e. The van der Waals surface area contributed by atoms with E-state index in [4.69, 9.17) is 33.3 Å². The number of aromatic nitrogens is 3. The molecule has 4 rings (SSSR count). The summed E-state index contributed by atoms with van der Waals surface area (Å²) >= 11 is 16.3. The van der Waals surface area contributed by atoms with Crippen molar-refractivity contribution < 1.29 is 9.53 Å². The Kier molecular flexibility index (Phi) is 9.06. The van der Waals surface area contributed by atoms with E-state index in [1.165, 1.54) is 10.8 Å². The highest BCUT2D eigenvalue weighted by Gasteiger charge is 2.26. The fourth-order valence-corrected chi connectivity index (χ4v) is 5.52. The van der Waals surface area contributed by atoms with Crippen LogP contribution in [0.4, 0.5) is 10.7 Å². The van der Waals surface area contributed by atoms with E-state index in [0.29, 0.717) is 44.5 Å². The molecule has 40 heavy (non-hydrogen) atoms. The maximum Gasteiger partial charge on any atom is 0.410 e. The molecule has 0 radical (unpaired) electrons. The Morgan fingerprint density at radius 2 is 1.88 bits per heavy atom. The highest BCUT2D eigenvalue weighted by molar-refractivity contribution is 9.10. The average Bonchev–Trinajstić information content (AvgIpc) is 2.88. The second kappa shape index (κ2) is 12.2. The van der Waals surface area contributed by atoms with Gasteiger partial charge in [0.15, 0.2) is 0 Å². The molecule has 0 atom stereocenters. The predicted octanol–water partition coefficient (Wildman–Crippen LogP) is 6.05.